The number of carboxylic acid groups (broad SMARTS) is 1. The molecule has 1 heterocycles. The number of nitrogens with one attached hydrogen (secondary N) is 1. The van der Waals surface area contributed by atoms with Gasteiger partial charge in [0, 0.05) is 25.7 Å². The highest BCUT2D eigenvalue weighted by atomic mass is 32.1. The molecule has 2 aromatic carbocycles. The first-order valence-corrected chi connectivity index (χ1v) is 11.5. The Morgan fingerprint density at radius 3 is 2.45 bits per heavy atom. The highest BCUT2D eigenvalue weighted by molar-refractivity contribution is 7.16. The summed E-state index contributed by atoms with van der Waals surface area (Å²) in [6, 6.07) is 11.2. The van der Waals surface area contributed by atoms with Gasteiger partial charge in [0.1, 0.15) is 11.3 Å². The van der Waals surface area contributed by atoms with Crippen LogP contribution in [0.25, 0.3) is 10.2 Å². The van der Waals surface area contributed by atoms with Crippen LogP contribution in [0.5, 0.6) is 5.75 Å². The van der Waals surface area contributed by atoms with Gasteiger partial charge in [0.2, 0.25) is 5.91 Å². The maximum absolute atomic E-state index is 12.6. The van der Waals surface area contributed by atoms with Gasteiger partial charge in [-0.3, -0.25) is 9.59 Å². The van der Waals surface area contributed by atoms with Crippen molar-refractivity contribution in [2.24, 2.45) is 0 Å². The summed E-state index contributed by atoms with van der Waals surface area (Å²) in [5.41, 5.74) is 3.57. The molecule has 3 aromatic rings. The van der Waals surface area contributed by atoms with E-state index in [9.17, 15) is 24.6 Å². The molecule has 9 heteroatoms. The fraction of sp³-hybridized carbons (Fsp3) is 0.292. The van der Waals surface area contributed by atoms with E-state index in [2.05, 4.69) is 23.7 Å². The monoisotopic (exact) mass is 467 g/mol. The zero-order valence-corrected chi connectivity index (χ0v) is 18.8. The Morgan fingerprint density at radius 2 is 1.82 bits per heavy atom. The van der Waals surface area contributed by atoms with Crippen molar-refractivity contribution in [3.63, 3.8) is 0 Å². The quantitative estimate of drug-likeness (QED) is 0.441. The highest BCUT2D eigenvalue weighted by Crippen LogP contribution is 2.28. The predicted octanol–water partition coefficient (Wildman–Crippen LogP) is 3.00. The Morgan fingerprint density at radius 1 is 1.12 bits per heavy atom. The molecule has 172 valence electrons. The minimum Gasteiger partial charge on any atom is -0.506 e. The lowest BCUT2D eigenvalue weighted by atomic mass is 10.1. The standard InChI is InChI=1S/C24H25N3O5S/c1-2-20(29)27(18-13-16-5-3-4-6-17(16)14-18)12-11-26(24(31)32)10-9-15-7-8-19(28)21-22(15)33-23(30)25-21/h2-8,18,28H,1,9-14H2,(H,25,30)(H,31,32). The summed E-state index contributed by atoms with van der Waals surface area (Å²) in [4.78, 5) is 41.5. The molecule has 8 nitrogen and oxygen atoms in total. The van der Waals surface area contributed by atoms with Crippen LogP contribution in [0.1, 0.15) is 16.7 Å². The van der Waals surface area contributed by atoms with Crippen LogP contribution in [-0.2, 0) is 24.1 Å². The molecular formula is C24H25N3O5S. The molecule has 0 unspecified atom stereocenters. The lowest BCUT2D eigenvalue weighted by Crippen LogP contribution is -2.46. The fourth-order valence-corrected chi connectivity index (χ4v) is 5.30. The van der Waals surface area contributed by atoms with Crippen LogP contribution in [0.4, 0.5) is 4.79 Å². The summed E-state index contributed by atoms with van der Waals surface area (Å²) >= 11 is 0.988. The summed E-state index contributed by atoms with van der Waals surface area (Å²) in [6.07, 6.45) is 2.05. The van der Waals surface area contributed by atoms with Crippen molar-refractivity contribution in [2.75, 3.05) is 19.6 Å². The number of phenols is 1. The van der Waals surface area contributed by atoms with Crippen LogP contribution < -0.4 is 4.87 Å². The molecule has 4 rings (SSSR count). The molecule has 33 heavy (non-hydrogen) atoms. The van der Waals surface area contributed by atoms with Gasteiger partial charge in [0.15, 0.2) is 0 Å². The number of aromatic nitrogens is 1. The smallest absolute Gasteiger partial charge is 0.407 e. The molecule has 0 saturated carbocycles. The molecular weight excluding hydrogens is 442 g/mol. The number of phenolic OH excluding ortho intramolecular Hbond substituents is 1. The first kappa shape index (κ1) is 22.6. The third-order valence-electron chi connectivity index (χ3n) is 6.10. The zero-order chi connectivity index (χ0) is 23.5. The number of hydrogen-bond acceptors (Lipinski definition) is 5. The van der Waals surface area contributed by atoms with E-state index >= 15 is 0 Å². The van der Waals surface area contributed by atoms with Crippen molar-refractivity contribution in [3.8, 4) is 5.75 Å². The van der Waals surface area contributed by atoms with Crippen molar-refractivity contribution in [1.82, 2.24) is 14.8 Å². The number of rotatable bonds is 8. The molecule has 0 fully saturated rings. The van der Waals surface area contributed by atoms with E-state index in [1.165, 1.54) is 28.2 Å². The number of nitrogens with zero attached hydrogens (tertiary/aromatic N) is 2. The average Bonchev–Trinajstić information content (AvgIpc) is 3.40. The molecule has 2 amide bonds. The van der Waals surface area contributed by atoms with Gasteiger partial charge in [-0.1, -0.05) is 48.2 Å². The van der Waals surface area contributed by atoms with E-state index in [4.69, 9.17) is 0 Å². The van der Waals surface area contributed by atoms with Gasteiger partial charge in [-0.05, 0) is 48.1 Å². The van der Waals surface area contributed by atoms with E-state index in [1.54, 1.807) is 11.0 Å². The normalized spacial score (nSPS) is 13.1. The summed E-state index contributed by atoms with van der Waals surface area (Å²) in [7, 11) is 0. The molecule has 1 aliphatic carbocycles. The van der Waals surface area contributed by atoms with E-state index < -0.39 is 6.09 Å². The first-order valence-electron chi connectivity index (χ1n) is 10.7. The van der Waals surface area contributed by atoms with Crippen LogP contribution in [0, 0.1) is 0 Å². The largest absolute Gasteiger partial charge is 0.506 e. The summed E-state index contributed by atoms with van der Waals surface area (Å²) < 4.78 is 0.623. The maximum atomic E-state index is 12.6. The average molecular weight is 468 g/mol. The van der Waals surface area contributed by atoms with E-state index in [0.29, 0.717) is 16.6 Å². The minimum atomic E-state index is -1.08. The van der Waals surface area contributed by atoms with Crippen molar-refractivity contribution < 1.29 is 19.8 Å². The predicted molar refractivity (Wildman–Crippen MR) is 127 cm³/mol. The van der Waals surface area contributed by atoms with Crippen molar-refractivity contribution >= 4 is 33.6 Å². The molecule has 0 spiro atoms. The first-order chi connectivity index (χ1) is 15.9. The van der Waals surface area contributed by atoms with Crippen molar-refractivity contribution in [2.45, 2.75) is 25.3 Å². The Hall–Kier alpha value is -3.59. The second-order valence-electron chi connectivity index (χ2n) is 8.05. The van der Waals surface area contributed by atoms with Gasteiger partial charge in [0.05, 0.1) is 4.70 Å². The summed E-state index contributed by atoms with van der Waals surface area (Å²) in [5.74, 6) is -0.228. The number of thiazole rings is 1. The third-order valence-corrected chi connectivity index (χ3v) is 7.06. The van der Waals surface area contributed by atoms with Crippen molar-refractivity contribution in [3.05, 3.63) is 75.4 Å². The number of fused-ring (bicyclic) bond motifs is 2. The SMILES string of the molecule is C=CC(=O)N(CCN(CCc1ccc(O)c2[nH]c(=O)sc12)C(=O)O)C1Cc2ccccc2C1. The Balaban J connectivity index is 1.45. The fourth-order valence-electron chi connectivity index (χ4n) is 4.40. The lowest BCUT2D eigenvalue weighted by Gasteiger charge is -2.30. The maximum Gasteiger partial charge on any atom is 0.407 e. The molecule has 1 aromatic heterocycles. The molecule has 0 aliphatic heterocycles. The third kappa shape index (κ3) is 4.78. The number of H-pyrrole nitrogens is 1. The molecule has 0 saturated heterocycles. The zero-order valence-electron chi connectivity index (χ0n) is 18.0. The number of amides is 2. The highest BCUT2D eigenvalue weighted by Gasteiger charge is 2.29. The van der Waals surface area contributed by atoms with Crippen LogP contribution in [-0.4, -0.2) is 62.7 Å². The van der Waals surface area contributed by atoms with Gasteiger partial charge in [-0.2, -0.15) is 0 Å². The van der Waals surface area contributed by atoms with Crippen LogP contribution in [0.3, 0.4) is 0 Å². The van der Waals surface area contributed by atoms with Crippen LogP contribution in [0.15, 0.2) is 53.8 Å². The van der Waals surface area contributed by atoms with Crippen LogP contribution in [0.2, 0.25) is 0 Å². The van der Waals surface area contributed by atoms with E-state index in [-0.39, 0.29) is 42.2 Å². The Kier molecular flexibility index (Phi) is 6.50. The number of benzene rings is 2. The number of carbonyl (C=O) groups is 2. The molecule has 3 N–H and O–H groups in total. The van der Waals surface area contributed by atoms with Gasteiger partial charge >= 0.3 is 11.0 Å². The second-order valence-corrected chi connectivity index (χ2v) is 9.03. The number of aromatic hydroxyl groups is 1. The summed E-state index contributed by atoms with van der Waals surface area (Å²) in [6.45, 7) is 4.23. The summed E-state index contributed by atoms with van der Waals surface area (Å²) in [5, 5.41) is 19.7. The Labute approximate surface area is 194 Å². The van der Waals surface area contributed by atoms with Gasteiger partial charge in [0.25, 0.3) is 0 Å². The Bertz CT molecular complexity index is 1240. The molecule has 0 radical (unpaired) electrons. The van der Waals surface area contributed by atoms with Gasteiger partial charge < -0.3 is 25.0 Å². The molecule has 1 aliphatic rings. The molecule has 0 atom stereocenters. The number of hydrogen-bond donors (Lipinski definition) is 3. The van der Waals surface area contributed by atoms with E-state index in [0.717, 1.165) is 29.7 Å². The van der Waals surface area contributed by atoms with Gasteiger partial charge in [-0.25, -0.2) is 4.79 Å². The van der Waals surface area contributed by atoms with Gasteiger partial charge in [-0.15, -0.1) is 0 Å². The van der Waals surface area contributed by atoms with Crippen molar-refractivity contribution in [1.29, 1.82) is 0 Å². The van der Waals surface area contributed by atoms with Crippen LogP contribution >= 0.6 is 11.3 Å². The lowest BCUT2D eigenvalue weighted by molar-refractivity contribution is -0.128. The number of carbonyl (C=O) groups excluding carboxylic acids is 1. The molecule has 0 bridgehead atoms. The van der Waals surface area contributed by atoms with E-state index in [1.807, 2.05) is 12.1 Å². The topological polar surface area (TPSA) is 114 Å². The number of aromatic amines is 1. The minimum absolute atomic E-state index is 0.0154. The second kappa shape index (κ2) is 9.50.